The summed E-state index contributed by atoms with van der Waals surface area (Å²) in [5, 5.41) is 4.97. The lowest BCUT2D eigenvalue weighted by Gasteiger charge is -2.27. The quantitative estimate of drug-likeness (QED) is 0.673. The Kier molecular flexibility index (Phi) is 4.14. The Bertz CT molecular complexity index is 881. The van der Waals surface area contributed by atoms with Crippen LogP contribution in [0.4, 0.5) is 5.69 Å². The van der Waals surface area contributed by atoms with Crippen molar-refractivity contribution in [2.45, 2.75) is 25.3 Å². The highest BCUT2D eigenvalue weighted by Crippen LogP contribution is 2.30. The molecule has 0 spiro atoms. The molecule has 9 heteroatoms. The third-order valence-corrected chi connectivity index (χ3v) is 5.10. The second-order valence-electron chi connectivity index (χ2n) is 6.76. The molecular formula is C18H18N4O5. The van der Waals surface area contributed by atoms with E-state index in [-0.39, 0.29) is 29.9 Å². The minimum absolute atomic E-state index is 0.0195. The van der Waals surface area contributed by atoms with E-state index in [9.17, 15) is 24.0 Å². The number of carbonyl (C=O) groups is 5. The van der Waals surface area contributed by atoms with Gasteiger partial charge < -0.3 is 10.2 Å². The van der Waals surface area contributed by atoms with Gasteiger partial charge in [0.25, 0.3) is 11.8 Å². The minimum Gasteiger partial charge on any atom is -0.369 e. The van der Waals surface area contributed by atoms with Gasteiger partial charge in [-0.05, 0) is 24.6 Å². The molecule has 1 atom stereocenters. The maximum Gasteiger partial charge on any atom is 0.262 e. The fraction of sp³-hybridized carbons (Fsp3) is 0.389. The number of anilines is 1. The van der Waals surface area contributed by atoms with Crippen LogP contribution in [0.15, 0.2) is 18.2 Å². The summed E-state index contributed by atoms with van der Waals surface area (Å²) in [7, 11) is 0. The molecule has 0 aliphatic carbocycles. The summed E-state index contributed by atoms with van der Waals surface area (Å²) in [6.45, 7) is 1.62. The van der Waals surface area contributed by atoms with Gasteiger partial charge in [-0.15, -0.1) is 0 Å². The molecule has 3 heterocycles. The summed E-state index contributed by atoms with van der Waals surface area (Å²) in [4.78, 5) is 63.4. The van der Waals surface area contributed by atoms with Gasteiger partial charge in [-0.25, -0.2) is 0 Å². The van der Waals surface area contributed by atoms with Crippen LogP contribution < -0.4 is 15.5 Å². The fourth-order valence-corrected chi connectivity index (χ4v) is 3.68. The first-order valence-electron chi connectivity index (χ1n) is 8.83. The molecule has 0 radical (unpaired) electrons. The molecule has 0 aromatic heterocycles. The molecule has 140 valence electrons. The molecule has 3 aliphatic heterocycles. The molecule has 1 aromatic carbocycles. The number of hydrogen-bond donors (Lipinski definition) is 2. The molecule has 4 rings (SSSR count). The SMILES string of the molecule is O=C1CCN(c2ccc3c(c2)C(=O)N(C2CCC(=O)NC2=O)C3=O)CCN1. The average molecular weight is 370 g/mol. The predicted octanol–water partition coefficient (Wildman–Crippen LogP) is -0.586. The Morgan fingerprint density at radius 1 is 0.889 bits per heavy atom. The van der Waals surface area contributed by atoms with Crippen molar-refractivity contribution >= 4 is 35.2 Å². The molecule has 0 bridgehead atoms. The third kappa shape index (κ3) is 2.94. The lowest BCUT2D eigenvalue weighted by molar-refractivity contribution is -0.136. The summed E-state index contributed by atoms with van der Waals surface area (Å²) in [6.07, 6.45) is 0.569. The molecule has 1 aromatic rings. The lowest BCUT2D eigenvalue weighted by Crippen LogP contribution is -2.54. The number of nitrogens with one attached hydrogen (secondary N) is 2. The maximum absolute atomic E-state index is 12.8. The van der Waals surface area contributed by atoms with Gasteiger partial charge in [0.15, 0.2) is 0 Å². The van der Waals surface area contributed by atoms with Crippen molar-refractivity contribution in [1.82, 2.24) is 15.5 Å². The van der Waals surface area contributed by atoms with Gasteiger partial charge >= 0.3 is 0 Å². The Balaban J connectivity index is 1.61. The van der Waals surface area contributed by atoms with Crippen LogP contribution in [0.25, 0.3) is 0 Å². The Labute approximate surface area is 154 Å². The van der Waals surface area contributed by atoms with Crippen LogP contribution in [0.2, 0.25) is 0 Å². The molecule has 2 saturated heterocycles. The molecule has 2 N–H and O–H groups in total. The van der Waals surface area contributed by atoms with Crippen molar-refractivity contribution in [1.29, 1.82) is 0 Å². The van der Waals surface area contributed by atoms with Gasteiger partial charge in [0.05, 0.1) is 11.1 Å². The van der Waals surface area contributed by atoms with Crippen LogP contribution in [-0.2, 0) is 14.4 Å². The van der Waals surface area contributed by atoms with Crippen LogP contribution in [0.3, 0.4) is 0 Å². The number of rotatable bonds is 2. The monoisotopic (exact) mass is 370 g/mol. The van der Waals surface area contributed by atoms with Gasteiger partial charge in [-0.2, -0.15) is 0 Å². The number of benzene rings is 1. The zero-order valence-electron chi connectivity index (χ0n) is 14.5. The third-order valence-electron chi connectivity index (χ3n) is 5.10. The Morgan fingerprint density at radius 2 is 1.67 bits per heavy atom. The van der Waals surface area contributed by atoms with Crippen LogP contribution >= 0.6 is 0 Å². The molecule has 27 heavy (non-hydrogen) atoms. The van der Waals surface area contributed by atoms with E-state index < -0.39 is 29.7 Å². The van der Waals surface area contributed by atoms with Crippen molar-refractivity contribution in [3.05, 3.63) is 29.3 Å². The van der Waals surface area contributed by atoms with E-state index in [1.165, 1.54) is 0 Å². The van der Waals surface area contributed by atoms with E-state index >= 15 is 0 Å². The Morgan fingerprint density at radius 3 is 2.44 bits per heavy atom. The number of carbonyl (C=O) groups excluding carboxylic acids is 5. The normalized spacial score (nSPS) is 23.1. The van der Waals surface area contributed by atoms with E-state index in [0.717, 1.165) is 10.6 Å². The van der Waals surface area contributed by atoms with Gasteiger partial charge in [0.2, 0.25) is 17.7 Å². The van der Waals surface area contributed by atoms with Gasteiger partial charge in [0.1, 0.15) is 6.04 Å². The lowest BCUT2D eigenvalue weighted by atomic mass is 10.0. The molecular weight excluding hydrogens is 352 g/mol. The van der Waals surface area contributed by atoms with Crippen molar-refractivity contribution < 1.29 is 24.0 Å². The molecule has 5 amide bonds. The molecule has 2 fully saturated rings. The van der Waals surface area contributed by atoms with Crippen molar-refractivity contribution in [2.24, 2.45) is 0 Å². The molecule has 9 nitrogen and oxygen atoms in total. The van der Waals surface area contributed by atoms with Gasteiger partial charge in [-0.3, -0.25) is 34.2 Å². The standard InChI is InChI=1S/C18H18N4O5/c23-14-5-7-21(8-6-19-14)10-1-2-11-12(9-10)18(27)22(17(11)26)13-3-4-15(24)20-16(13)25/h1-2,9,13H,3-8H2,(H,19,23)(H,20,24,25). The zero-order valence-corrected chi connectivity index (χ0v) is 14.5. The average Bonchev–Trinajstić information content (AvgIpc) is 2.78. The first kappa shape index (κ1) is 17.2. The fourth-order valence-electron chi connectivity index (χ4n) is 3.68. The van der Waals surface area contributed by atoms with Crippen LogP contribution in [-0.4, -0.2) is 60.1 Å². The predicted molar refractivity (Wildman–Crippen MR) is 93.0 cm³/mol. The summed E-state index contributed by atoms with van der Waals surface area (Å²) in [5.74, 6) is -2.11. The summed E-state index contributed by atoms with van der Waals surface area (Å²) in [6, 6.07) is 3.99. The summed E-state index contributed by atoms with van der Waals surface area (Å²) < 4.78 is 0. The highest BCUT2D eigenvalue weighted by Gasteiger charge is 2.44. The summed E-state index contributed by atoms with van der Waals surface area (Å²) >= 11 is 0. The molecule has 1 unspecified atom stereocenters. The van der Waals surface area contributed by atoms with E-state index in [2.05, 4.69) is 10.6 Å². The number of fused-ring (bicyclic) bond motifs is 1. The molecule has 3 aliphatic rings. The summed E-state index contributed by atoms with van der Waals surface area (Å²) in [5.41, 5.74) is 1.24. The number of amides is 5. The van der Waals surface area contributed by atoms with Crippen LogP contribution in [0.5, 0.6) is 0 Å². The number of piperidine rings is 1. The van der Waals surface area contributed by atoms with Crippen LogP contribution in [0.1, 0.15) is 40.0 Å². The van der Waals surface area contributed by atoms with Gasteiger partial charge in [0, 0.05) is 38.2 Å². The van der Waals surface area contributed by atoms with E-state index in [4.69, 9.17) is 0 Å². The minimum atomic E-state index is -0.974. The van der Waals surface area contributed by atoms with Crippen molar-refractivity contribution in [2.75, 3.05) is 24.5 Å². The number of nitrogens with zero attached hydrogens (tertiary/aromatic N) is 2. The number of imide groups is 2. The highest BCUT2D eigenvalue weighted by molar-refractivity contribution is 6.23. The van der Waals surface area contributed by atoms with Crippen LogP contribution in [0, 0.1) is 0 Å². The number of hydrogen-bond acceptors (Lipinski definition) is 6. The Hall–Kier alpha value is -3.23. The van der Waals surface area contributed by atoms with Crippen molar-refractivity contribution in [3.63, 3.8) is 0 Å². The first-order valence-corrected chi connectivity index (χ1v) is 8.83. The highest BCUT2D eigenvalue weighted by atomic mass is 16.2. The smallest absolute Gasteiger partial charge is 0.262 e. The zero-order chi connectivity index (χ0) is 19.1. The van der Waals surface area contributed by atoms with Crippen molar-refractivity contribution in [3.8, 4) is 0 Å². The molecule has 0 saturated carbocycles. The second-order valence-corrected chi connectivity index (χ2v) is 6.76. The van der Waals surface area contributed by atoms with Gasteiger partial charge in [-0.1, -0.05) is 0 Å². The first-order chi connectivity index (χ1) is 13.0. The largest absolute Gasteiger partial charge is 0.369 e. The van der Waals surface area contributed by atoms with E-state index in [1.54, 1.807) is 18.2 Å². The maximum atomic E-state index is 12.8. The second kappa shape index (κ2) is 6.49. The van der Waals surface area contributed by atoms with E-state index in [0.29, 0.717) is 26.1 Å². The van der Waals surface area contributed by atoms with E-state index in [1.807, 2.05) is 4.90 Å². The topological polar surface area (TPSA) is 116 Å².